The summed E-state index contributed by atoms with van der Waals surface area (Å²) in [5.41, 5.74) is 1.98. The Labute approximate surface area is 151 Å². The van der Waals surface area contributed by atoms with Crippen molar-refractivity contribution in [2.45, 2.75) is 77.8 Å². The number of benzene rings is 1. The summed E-state index contributed by atoms with van der Waals surface area (Å²) in [4.78, 5) is 24.7. The van der Waals surface area contributed by atoms with E-state index < -0.39 is 0 Å². The van der Waals surface area contributed by atoms with Crippen LogP contribution in [0.3, 0.4) is 0 Å². The van der Waals surface area contributed by atoms with Crippen LogP contribution in [-0.2, 0) is 10.2 Å². The number of rotatable bonds is 4. The van der Waals surface area contributed by atoms with E-state index in [0.717, 1.165) is 25.7 Å². The fourth-order valence-corrected chi connectivity index (χ4v) is 3.35. The summed E-state index contributed by atoms with van der Waals surface area (Å²) in [5.74, 6) is 0.0728. The van der Waals surface area contributed by atoms with Gasteiger partial charge in [0, 0.05) is 23.6 Å². The molecule has 0 radical (unpaired) electrons. The van der Waals surface area contributed by atoms with Crippen LogP contribution < -0.4 is 10.6 Å². The van der Waals surface area contributed by atoms with Crippen LogP contribution in [-0.4, -0.2) is 23.9 Å². The first-order chi connectivity index (χ1) is 11.7. The first kappa shape index (κ1) is 19.5. The first-order valence-corrected chi connectivity index (χ1v) is 9.38. The van der Waals surface area contributed by atoms with Gasteiger partial charge in [0.2, 0.25) is 5.91 Å². The molecule has 0 aliphatic heterocycles. The third-order valence-corrected chi connectivity index (χ3v) is 4.82. The lowest BCUT2D eigenvalue weighted by Crippen LogP contribution is -2.43. The van der Waals surface area contributed by atoms with E-state index in [-0.39, 0.29) is 35.2 Å². The van der Waals surface area contributed by atoms with Crippen molar-refractivity contribution in [2.24, 2.45) is 5.92 Å². The highest BCUT2D eigenvalue weighted by atomic mass is 16.2. The molecule has 1 saturated carbocycles. The number of carbonyl (C=O) groups excluding carboxylic acids is 2. The van der Waals surface area contributed by atoms with E-state index in [1.807, 2.05) is 38.1 Å². The van der Waals surface area contributed by atoms with Gasteiger partial charge >= 0.3 is 0 Å². The van der Waals surface area contributed by atoms with E-state index in [9.17, 15) is 9.59 Å². The smallest absolute Gasteiger partial charge is 0.251 e. The normalized spacial score (nSPS) is 21.0. The van der Waals surface area contributed by atoms with Crippen LogP contribution in [0.15, 0.2) is 24.3 Å². The molecule has 0 bridgehead atoms. The summed E-state index contributed by atoms with van der Waals surface area (Å²) in [5, 5.41) is 6.10. The highest BCUT2D eigenvalue weighted by Crippen LogP contribution is 2.25. The number of nitrogens with one attached hydrogen (secondary N) is 2. The molecule has 2 N–H and O–H groups in total. The molecule has 0 spiro atoms. The second kappa shape index (κ2) is 8.03. The van der Waals surface area contributed by atoms with Crippen molar-refractivity contribution in [2.75, 3.05) is 0 Å². The standard InChI is InChI=1S/C21H32N2O2/c1-14(2)22-20(25)16-7-6-8-18(13-16)23-19(24)15-9-11-17(12-10-15)21(3,4)5/h9-12,14,16,18H,6-8,13H2,1-5H3,(H,22,25)(H,23,24). The Morgan fingerprint density at radius 1 is 1.08 bits per heavy atom. The van der Waals surface area contributed by atoms with Crippen molar-refractivity contribution in [3.05, 3.63) is 35.4 Å². The van der Waals surface area contributed by atoms with E-state index in [2.05, 4.69) is 31.4 Å². The van der Waals surface area contributed by atoms with Crippen molar-refractivity contribution in [1.29, 1.82) is 0 Å². The van der Waals surface area contributed by atoms with Gasteiger partial charge in [-0.3, -0.25) is 9.59 Å². The molecule has 1 aliphatic carbocycles. The molecule has 138 valence electrons. The van der Waals surface area contributed by atoms with Crippen molar-refractivity contribution in [1.82, 2.24) is 10.6 Å². The van der Waals surface area contributed by atoms with Crippen LogP contribution >= 0.6 is 0 Å². The lowest BCUT2D eigenvalue weighted by atomic mass is 9.84. The highest BCUT2D eigenvalue weighted by molar-refractivity contribution is 5.94. The van der Waals surface area contributed by atoms with Gasteiger partial charge < -0.3 is 10.6 Å². The zero-order chi connectivity index (χ0) is 18.6. The lowest BCUT2D eigenvalue weighted by Gasteiger charge is -2.29. The quantitative estimate of drug-likeness (QED) is 0.873. The number of hydrogen-bond donors (Lipinski definition) is 2. The van der Waals surface area contributed by atoms with Crippen molar-refractivity contribution >= 4 is 11.8 Å². The minimum Gasteiger partial charge on any atom is -0.354 e. The molecular weight excluding hydrogens is 312 g/mol. The van der Waals surface area contributed by atoms with Gasteiger partial charge in [0.15, 0.2) is 0 Å². The van der Waals surface area contributed by atoms with Crippen LogP contribution in [0, 0.1) is 5.92 Å². The summed E-state index contributed by atoms with van der Waals surface area (Å²) >= 11 is 0. The molecule has 0 aromatic heterocycles. The average Bonchev–Trinajstić information content (AvgIpc) is 2.54. The van der Waals surface area contributed by atoms with Crippen LogP contribution in [0.25, 0.3) is 0 Å². The van der Waals surface area contributed by atoms with Gasteiger partial charge in [-0.05, 0) is 56.2 Å². The maximum absolute atomic E-state index is 12.5. The molecule has 4 nitrogen and oxygen atoms in total. The fraction of sp³-hybridized carbons (Fsp3) is 0.619. The zero-order valence-corrected chi connectivity index (χ0v) is 16.2. The van der Waals surface area contributed by atoms with Gasteiger partial charge in [-0.1, -0.05) is 39.3 Å². The lowest BCUT2D eigenvalue weighted by molar-refractivity contribution is -0.126. The van der Waals surface area contributed by atoms with E-state index in [1.54, 1.807) is 0 Å². The van der Waals surface area contributed by atoms with Crippen molar-refractivity contribution in [3.8, 4) is 0 Å². The molecule has 4 heteroatoms. The van der Waals surface area contributed by atoms with Gasteiger partial charge in [-0.15, -0.1) is 0 Å². The monoisotopic (exact) mass is 344 g/mol. The summed E-state index contributed by atoms with van der Waals surface area (Å²) in [6.07, 6.45) is 3.55. The first-order valence-electron chi connectivity index (χ1n) is 9.38. The molecule has 2 rings (SSSR count). The summed E-state index contributed by atoms with van der Waals surface area (Å²) < 4.78 is 0. The number of hydrogen-bond acceptors (Lipinski definition) is 2. The maximum Gasteiger partial charge on any atom is 0.251 e. The van der Waals surface area contributed by atoms with E-state index in [1.165, 1.54) is 5.56 Å². The highest BCUT2D eigenvalue weighted by Gasteiger charge is 2.28. The van der Waals surface area contributed by atoms with Gasteiger partial charge in [-0.2, -0.15) is 0 Å². The predicted molar refractivity (Wildman–Crippen MR) is 102 cm³/mol. The molecule has 2 unspecified atom stereocenters. The largest absolute Gasteiger partial charge is 0.354 e. The van der Waals surface area contributed by atoms with Gasteiger partial charge in [-0.25, -0.2) is 0 Å². The van der Waals surface area contributed by atoms with E-state index in [4.69, 9.17) is 0 Å². The molecular formula is C21H32N2O2. The van der Waals surface area contributed by atoms with Crippen LogP contribution in [0.2, 0.25) is 0 Å². The van der Waals surface area contributed by atoms with Gasteiger partial charge in [0.1, 0.15) is 0 Å². The fourth-order valence-electron chi connectivity index (χ4n) is 3.35. The van der Waals surface area contributed by atoms with Gasteiger partial charge in [0.25, 0.3) is 5.91 Å². The molecule has 25 heavy (non-hydrogen) atoms. The van der Waals surface area contributed by atoms with Gasteiger partial charge in [0.05, 0.1) is 0 Å². The molecule has 1 aromatic carbocycles. The molecule has 0 saturated heterocycles. The Hall–Kier alpha value is -1.84. The van der Waals surface area contributed by atoms with E-state index >= 15 is 0 Å². The predicted octanol–water partition coefficient (Wildman–Crippen LogP) is 3.80. The Morgan fingerprint density at radius 2 is 1.72 bits per heavy atom. The summed E-state index contributed by atoms with van der Waals surface area (Å²) in [6, 6.07) is 8.06. The number of amides is 2. The Balaban J connectivity index is 1.94. The minimum atomic E-state index is -0.0459. The maximum atomic E-state index is 12.5. The molecule has 2 atom stereocenters. The third kappa shape index (κ3) is 5.58. The van der Waals surface area contributed by atoms with Crippen molar-refractivity contribution in [3.63, 3.8) is 0 Å². The third-order valence-electron chi connectivity index (χ3n) is 4.82. The second-order valence-electron chi connectivity index (χ2n) is 8.52. The topological polar surface area (TPSA) is 58.2 Å². The molecule has 0 heterocycles. The summed E-state index contributed by atoms with van der Waals surface area (Å²) in [7, 11) is 0. The Kier molecular flexibility index (Phi) is 6.26. The zero-order valence-electron chi connectivity index (χ0n) is 16.2. The van der Waals surface area contributed by atoms with Crippen LogP contribution in [0.1, 0.15) is 76.2 Å². The Morgan fingerprint density at radius 3 is 2.28 bits per heavy atom. The molecule has 1 aromatic rings. The Bertz CT molecular complexity index is 599. The van der Waals surface area contributed by atoms with E-state index in [0.29, 0.717) is 5.56 Å². The SMILES string of the molecule is CC(C)NC(=O)C1CCCC(NC(=O)c2ccc(C(C)(C)C)cc2)C1. The van der Waals surface area contributed by atoms with Crippen molar-refractivity contribution < 1.29 is 9.59 Å². The molecule has 1 fully saturated rings. The average molecular weight is 344 g/mol. The minimum absolute atomic E-state index is 0.00437. The van der Waals surface area contributed by atoms with Crippen LogP contribution in [0.5, 0.6) is 0 Å². The second-order valence-corrected chi connectivity index (χ2v) is 8.52. The number of carbonyl (C=O) groups is 2. The van der Waals surface area contributed by atoms with Crippen LogP contribution in [0.4, 0.5) is 0 Å². The molecule has 1 aliphatic rings. The summed E-state index contributed by atoms with van der Waals surface area (Å²) in [6.45, 7) is 10.4. The molecule has 2 amide bonds.